The summed E-state index contributed by atoms with van der Waals surface area (Å²) >= 11 is 0. The van der Waals surface area contributed by atoms with Crippen LogP contribution in [0.25, 0.3) is 0 Å². The predicted octanol–water partition coefficient (Wildman–Crippen LogP) is 2.43. The van der Waals surface area contributed by atoms with Crippen LogP contribution in [-0.4, -0.2) is 39.9 Å². The molecule has 0 spiro atoms. The molecule has 1 aromatic heterocycles. The fraction of sp³-hybridized carbons (Fsp3) is 0.800. The lowest BCUT2D eigenvalue weighted by Gasteiger charge is -2.46. The van der Waals surface area contributed by atoms with Crippen LogP contribution in [0.2, 0.25) is 0 Å². The third-order valence-electron chi connectivity index (χ3n) is 4.55. The number of hydrogen-bond donors (Lipinski definition) is 1. The molecule has 0 radical (unpaired) electrons. The van der Waals surface area contributed by atoms with E-state index >= 15 is 0 Å². The molecule has 4 heteroatoms. The minimum absolute atomic E-state index is 0.305. The van der Waals surface area contributed by atoms with Crippen molar-refractivity contribution in [3.05, 3.63) is 18.0 Å². The molecule has 2 rings (SSSR count). The third-order valence-corrected chi connectivity index (χ3v) is 4.55. The van der Waals surface area contributed by atoms with Crippen molar-refractivity contribution < 1.29 is 0 Å². The van der Waals surface area contributed by atoms with Crippen molar-refractivity contribution in [2.75, 3.05) is 19.6 Å². The molecule has 1 aliphatic heterocycles. The topological polar surface area (TPSA) is 33.1 Å². The van der Waals surface area contributed by atoms with Crippen LogP contribution in [0.15, 0.2) is 12.3 Å². The maximum absolute atomic E-state index is 4.69. The SMILES string of the molecule is CCC1(CC)CNCCN1Cc1ccn(C(C)C)n1. The molecular weight excluding hydrogens is 236 g/mol. The number of nitrogens with one attached hydrogen (secondary N) is 1. The number of piperazine rings is 1. The average Bonchev–Trinajstić information content (AvgIpc) is 2.88. The van der Waals surface area contributed by atoms with E-state index in [0.717, 1.165) is 26.2 Å². The summed E-state index contributed by atoms with van der Waals surface area (Å²) in [4.78, 5) is 2.62. The quantitative estimate of drug-likeness (QED) is 0.886. The van der Waals surface area contributed by atoms with E-state index in [1.807, 2.05) is 0 Å². The second-order valence-electron chi connectivity index (χ2n) is 5.91. The fourth-order valence-corrected chi connectivity index (χ4v) is 3.02. The van der Waals surface area contributed by atoms with Gasteiger partial charge in [0.15, 0.2) is 0 Å². The summed E-state index contributed by atoms with van der Waals surface area (Å²) in [5.41, 5.74) is 1.50. The molecule has 2 heterocycles. The summed E-state index contributed by atoms with van der Waals surface area (Å²) in [5, 5.41) is 8.24. The summed E-state index contributed by atoms with van der Waals surface area (Å²) in [6, 6.07) is 2.61. The summed E-state index contributed by atoms with van der Waals surface area (Å²) in [6.45, 7) is 13.2. The van der Waals surface area contributed by atoms with Crippen molar-refractivity contribution in [1.82, 2.24) is 20.0 Å². The second kappa shape index (κ2) is 6.06. The van der Waals surface area contributed by atoms with E-state index in [9.17, 15) is 0 Å². The molecular formula is C15H28N4. The first-order valence-electron chi connectivity index (χ1n) is 7.61. The van der Waals surface area contributed by atoms with E-state index in [-0.39, 0.29) is 0 Å². The standard InChI is InChI=1S/C15H28N4/c1-5-15(6-2)12-16-8-10-18(15)11-14-7-9-19(17-14)13(3)4/h7,9,13,16H,5-6,8,10-12H2,1-4H3. The molecule has 1 fully saturated rings. The molecule has 0 unspecified atom stereocenters. The maximum Gasteiger partial charge on any atom is 0.0765 e. The lowest BCUT2D eigenvalue weighted by molar-refractivity contribution is 0.0434. The van der Waals surface area contributed by atoms with Gasteiger partial charge in [0.1, 0.15) is 0 Å². The van der Waals surface area contributed by atoms with Gasteiger partial charge in [-0.05, 0) is 32.8 Å². The molecule has 19 heavy (non-hydrogen) atoms. The highest BCUT2D eigenvalue weighted by molar-refractivity contribution is 5.03. The Morgan fingerprint density at radius 3 is 2.68 bits per heavy atom. The van der Waals surface area contributed by atoms with Gasteiger partial charge >= 0.3 is 0 Å². The number of nitrogens with zero attached hydrogens (tertiary/aromatic N) is 3. The van der Waals surface area contributed by atoms with Gasteiger partial charge in [0.25, 0.3) is 0 Å². The Morgan fingerprint density at radius 2 is 2.11 bits per heavy atom. The van der Waals surface area contributed by atoms with Crippen LogP contribution in [0.5, 0.6) is 0 Å². The predicted molar refractivity (Wildman–Crippen MR) is 79.2 cm³/mol. The van der Waals surface area contributed by atoms with Gasteiger partial charge in [-0.2, -0.15) is 5.10 Å². The Hall–Kier alpha value is -0.870. The zero-order valence-corrected chi connectivity index (χ0v) is 12.8. The summed E-state index contributed by atoms with van der Waals surface area (Å²) in [6.07, 6.45) is 4.49. The minimum atomic E-state index is 0.305. The molecule has 1 saturated heterocycles. The first kappa shape index (κ1) is 14.5. The van der Waals surface area contributed by atoms with E-state index in [2.05, 4.69) is 54.9 Å². The van der Waals surface area contributed by atoms with Crippen molar-refractivity contribution in [3.8, 4) is 0 Å². The Kier molecular flexibility index (Phi) is 4.63. The highest BCUT2D eigenvalue weighted by Crippen LogP contribution is 2.27. The maximum atomic E-state index is 4.69. The van der Waals surface area contributed by atoms with Crippen molar-refractivity contribution in [3.63, 3.8) is 0 Å². The Balaban J connectivity index is 2.10. The van der Waals surface area contributed by atoms with Gasteiger partial charge in [0.05, 0.1) is 5.69 Å². The summed E-state index contributed by atoms with van der Waals surface area (Å²) in [5.74, 6) is 0. The van der Waals surface area contributed by atoms with Crippen LogP contribution in [0, 0.1) is 0 Å². The Labute approximate surface area is 117 Å². The Morgan fingerprint density at radius 1 is 1.37 bits per heavy atom. The van der Waals surface area contributed by atoms with Gasteiger partial charge in [-0.25, -0.2) is 0 Å². The largest absolute Gasteiger partial charge is 0.314 e. The van der Waals surface area contributed by atoms with Gasteiger partial charge in [-0.15, -0.1) is 0 Å². The molecule has 108 valence electrons. The van der Waals surface area contributed by atoms with Crippen LogP contribution in [0.1, 0.15) is 52.3 Å². The van der Waals surface area contributed by atoms with Gasteiger partial charge in [-0.1, -0.05) is 13.8 Å². The van der Waals surface area contributed by atoms with Crippen LogP contribution in [-0.2, 0) is 6.54 Å². The lowest BCUT2D eigenvalue weighted by atomic mass is 9.88. The van der Waals surface area contributed by atoms with Crippen molar-refractivity contribution in [2.24, 2.45) is 0 Å². The van der Waals surface area contributed by atoms with E-state index in [1.54, 1.807) is 0 Å². The average molecular weight is 264 g/mol. The van der Waals surface area contributed by atoms with Crippen LogP contribution >= 0.6 is 0 Å². The summed E-state index contributed by atoms with van der Waals surface area (Å²) in [7, 11) is 0. The molecule has 0 saturated carbocycles. The smallest absolute Gasteiger partial charge is 0.0765 e. The molecule has 0 atom stereocenters. The van der Waals surface area contributed by atoms with Crippen LogP contribution in [0.3, 0.4) is 0 Å². The van der Waals surface area contributed by atoms with Gasteiger partial charge in [-0.3, -0.25) is 9.58 Å². The molecule has 1 aromatic rings. The van der Waals surface area contributed by atoms with Gasteiger partial charge in [0.2, 0.25) is 0 Å². The first-order valence-corrected chi connectivity index (χ1v) is 7.61. The molecule has 0 bridgehead atoms. The zero-order chi connectivity index (χ0) is 13.9. The highest BCUT2D eigenvalue weighted by atomic mass is 15.3. The van der Waals surface area contributed by atoms with Crippen molar-refractivity contribution >= 4 is 0 Å². The summed E-state index contributed by atoms with van der Waals surface area (Å²) < 4.78 is 2.05. The van der Waals surface area contributed by atoms with E-state index in [0.29, 0.717) is 11.6 Å². The second-order valence-corrected chi connectivity index (χ2v) is 5.91. The molecule has 1 N–H and O–H groups in total. The third kappa shape index (κ3) is 3.00. The monoisotopic (exact) mass is 264 g/mol. The fourth-order valence-electron chi connectivity index (χ4n) is 3.02. The minimum Gasteiger partial charge on any atom is -0.314 e. The zero-order valence-electron chi connectivity index (χ0n) is 12.8. The molecule has 0 aliphatic carbocycles. The van der Waals surface area contributed by atoms with Crippen molar-refractivity contribution in [2.45, 2.75) is 58.7 Å². The Bertz CT molecular complexity index is 393. The first-order chi connectivity index (χ1) is 9.11. The van der Waals surface area contributed by atoms with Crippen molar-refractivity contribution in [1.29, 1.82) is 0 Å². The van der Waals surface area contributed by atoms with E-state index < -0.39 is 0 Å². The van der Waals surface area contributed by atoms with Crippen LogP contribution < -0.4 is 5.32 Å². The molecule has 0 aromatic carbocycles. The van der Waals surface area contributed by atoms with E-state index in [4.69, 9.17) is 5.10 Å². The van der Waals surface area contributed by atoms with Crippen LogP contribution in [0.4, 0.5) is 0 Å². The molecule has 0 amide bonds. The lowest BCUT2D eigenvalue weighted by Crippen LogP contribution is -2.60. The normalized spacial score (nSPS) is 20.1. The number of hydrogen-bond acceptors (Lipinski definition) is 3. The van der Waals surface area contributed by atoms with E-state index in [1.165, 1.54) is 18.5 Å². The molecule has 1 aliphatic rings. The highest BCUT2D eigenvalue weighted by Gasteiger charge is 2.35. The van der Waals surface area contributed by atoms with Gasteiger partial charge in [0, 0.05) is 44.0 Å². The number of aromatic nitrogens is 2. The molecule has 4 nitrogen and oxygen atoms in total. The number of rotatable bonds is 5. The van der Waals surface area contributed by atoms with Gasteiger partial charge < -0.3 is 5.32 Å².